The number of hydrogen-bond acceptors (Lipinski definition) is 3. The van der Waals surface area contributed by atoms with Gasteiger partial charge in [0.2, 0.25) is 0 Å². The average molecular weight is 276 g/mol. The van der Waals surface area contributed by atoms with E-state index < -0.39 is 0 Å². The Balaban J connectivity index is 1.49. The fourth-order valence-electron chi connectivity index (χ4n) is 3.97. The van der Waals surface area contributed by atoms with Crippen LogP contribution in [0.4, 0.5) is 0 Å². The Labute approximate surface area is 122 Å². The summed E-state index contributed by atoms with van der Waals surface area (Å²) >= 11 is 0. The number of piperidine rings is 1. The van der Waals surface area contributed by atoms with E-state index in [1.165, 1.54) is 51.5 Å². The predicted octanol–water partition coefficient (Wildman–Crippen LogP) is 3.11. The van der Waals surface area contributed by atoms with E-state index in [4.69, 9.17) is 4.42 Å². The van der Waals surface area contributed by atoms with Gasteiger partial charge >= 0.3 is 0 Å². The maximum absolute atomic E-state index is 5.41. The predicted molar refractivity (Wildman–Crippen MR) is 81.8 cm³/mol. The molecule has 3 nitrogen and oxygen atoms in total. The molecule has 0 spiro atoms. The monoisotopic (exact) mass is 276 g/mol. The van der Waals surface area contributed by atoms with Crippen LogP contribution in [-0.4, -0.2) is 25.2 Å². The number of hydrogen-bond donors (Lipinski definition) is 2. The summed E-state index contributed by atoms with van der Waals surface area (Å²) in [5.41, 5.74) is 0. The van der Waals surface area contributed by atoms with Gasteiger partial charge in [-0.25, -0.2) is 0 Å². The topological polar surface area (TPSA) is 37.2 Å². The molecule has 0 radical (unpaired) electrons. The zero-order valence-corrected chi connectivity index (χ0v) is 12.4. The minimum atomic E-state index is 0.703. The second kappa shape index (κ2) is 7.28. The molecule has 3 atom stereocenters. The first-order valence-electron chi connectivity index (χ1n) is 8.42. The van der Waals surface area contributed by atoms with Crippen molar-refractivity contribution in [1.82, 2.24) is 10.6 Å². The summed E-state index contributed by atoms with van der Waals surface area (Å²) in [5.74, 6) is 1.93. The van der Waals surface area contributed by atoms with E-state index >= 15 is 0 Å². The van der Waals surface area contributed by atoms with Crippen molar-refractivity contribution in [1.29, 1.82) is 0 Å². The quantitative estimate of drug-likeness (QED) is 0.867. The normalized spacial score (nSPS) is 31.3. The first-order valence-corrected chi connectivity index (χ1v) is 8.42. The molecule has 0 amide bonds. The van der Waals surface area contributed by atoms with Gasteiger partial charge in [0.05, 0.1) is 6.26 Å². The molecule has 2 aliphatic rings. The van der Waals surface area contributed by atoms with Crippen molar-refractivity contribution >= 4 is 0 Å². The lowest BCUT2D eigenvalue weighted by Crippen LogP contribution is -2.50. The van der Waals surface area contributed by atoms with Gasteiger partial charge in [-0.3, -0.25) is 0 Å². The highest BCUT2D eigenvalue weighted by molar-refractivity contribution is 4.99. The summed E-state index contributed by atoms with van der Waals surface area (Å²) < 4.78 is 5.41. The molecule has 1 aromatic heterocycles. The van der Waals surface area contributed by atoms with E-state index in [-0.39, 0.29) is 0 Å². The number of nitrogens with one attached hydrogen (secondary N) is 2. The van der Waals surface area contributed by atoms with Crippen molar-refractivity contribution < 1.29 is 4.42 Å². The van der Waals surface area contributed by atoms with E-state index in [1.54, 1.807) is 6.26 Å². The lowest BCUT2D eigenvalue weighted by atomic mass is 9.77. The highest BCUT2D eigenvalue weighted by Gasteiger charge is 2.31. The van der Waals surface area contributed by atoms with Crippen LogP contribution in [0.1, 0.15) is 50.7 Å². The average Bonchev–Trinajstić information content (AvgIpc) is 3.02. The molecule has 2 heterocycles. The maximum Gasteiger partial charge on any atom is 0.105 e. The van der Waals surface area contributed by atoms with Crippen LogP contribution < -0.4 is 10.6 Å². The summed E-state index contributed by atoms with van der Waals surface area (Å²) in [6.45, 7) is 2.27. The van der Waals surface area contributed by atoms with Gasteiger partial charge in [-0.05, 0) is 50.3 Å². The van der Waals surface area contributed by atoms with E-state index in [0.29, 0.717) is 6.04 Å². The van der Waals surface area contributed by atoms with Crippen LogP contribution in [0.2, 0.25) is 0 Å². The second-order valence-electron chi connectivity index (χ2n) is 6.39. The minimum Gasteiger partial charge on any atom is -0.469 e. The Morgan fingerprint density at radius 2 is 2.05 bits per heavy atom. The molecule has 2 N–H and O–H groups in total. The van der Waals surface area contributed by atoms with Crippen molar-refractivity contribution in [3.05, 3.63) is 24.2 Å². The first-order chi connectivity index (χ1) is 9.93. The SMILES string of the molecule is c1coc(CCNC2CCCCC2C2CCCCN2)c1. The Bertz CT molecular complexity index is 370. The summed E-state index contributed by atoms with van der Waals surface area (Å²) in [6, 6.07) is 5.51. The largest absolute Gasteiger partial charge is 0.469 e. The third-order valence-corrected chi connectivity index (χ3v) is 5.04. The number of furan rings is 1. The zero-order chi connectivity index (χ0) is 13.6. The van der Waals surface area contributed by atoms with Crippen LogP contribution in [0, 0.1) is 5.92 Å². The van der Waals surface area contributed by atoms with Crippen LogP contribution in [0.25, 0.3) is 0 Å². The van der Waals surface area contributed by atoms with Gasteiger partial charge in [-0.15, -0.1) is 0 Å². The standard InChI is InChI=1S/C17H28N2O/c1-2-8-17(19-12-10-14-6-5-13-20-14)15(7-1)16-9-3-4-11-18-16/h5-6,13,15-19H,1-4,7-12H2. The fourth-order valence-corrected chi connectivity index (χ4v) is 3.97. The molecule has 0 aromatic carbocycles. The summed E-state index contributed by atoms with van der Waals surface area (Å²) in [4.78, 5) is 0. The summed E-state index contributed by atoms with van der Waals surface area (Å²) in [5, 5.41) is 7.57. The van der Waals surface area contributed by atoms with Crippen LogP contribution in [-0.2, 0) is 6.42 Å². The summed E-state index contributed by atoms with van der Waals surface area (Å²) in [7, 11) is 0. The number of rotatable bonds is 5. The molecular formula is C17H28N2O. The Morgan fingerprint density at radius 1 is 1.15 bits per heavy atom. The molecular weight excluding hydrogens is 248 g/mol. The summed E-state index contributed by atoms with van der Waals surface area (Å²) in [6.07, 6.45) is 12.5. The molecule has 3 unspecified atom stereocenters. The molecule has 1 saturated carbocycles. The van der Waals surface area contributed by atoms with Crippen LogP contribution in [0.3, 0.4) is 0 Å². The molecule has 1 aliphatic heterocycles. The highest BCUT2D eigenvalue weighted by atomic mass is 16.3. The molecule has 1 aromatic rings. The van der Waals surface area contributed by atoms with E-state index in [1.807, 2.05) is 6.07 Å². The zero-order valence-electron chi connectivity index (χ0n) is 12.4. The molecule has 3 heteroatoms. The van der Waals surface area contributed by atoms with Gasteiger partial charge in [0, 0.05) is 25.0 Å². The van der Waals surface area contributed by atoms with Crippen LogP contribution in [0.15, 0.2) is 22.8 Å². The Hall–Kier alpha value is -0.800. The molecule has 2 fully saturated rings. The van der Waals surface area contributed by atoms with Gasteiger partial charge < -0.3 is 15.1 Å². The third-order valence-electron chi connectivity index (χ3n) is 5.04. The van der Waals surface area contributed by atoms with Crippen molar-refractivity contribution in [2.24, 2.45) is 5.92 Å². The lowest BCUT2D eigenvalue weighted by molar-refractivity contribution is 0.182. The van der Waals surface area contributed by atoms with Crippen molar-refractivity contribution in [3.8, 4) is 0 Å². The molecule has 0 bridgehead atoms. The highest BCUT2D eigenvalue weighted by Crippen LogP contribution is 2.30. The van der Waals surface area contributed by atoms with Gasteiger partial charge in [0.15, 0.2) is 0 Å². The van der Waals surface area contributed by atoms with Crippen molar-refractivity contribution in [2.45, 2.75) is 63.5 Å². The smallest absolute Gasteiger partial charge is 0.105 e. The van der Waals surface area contributed by atoms with E-state index in [9.17, 15) is 0 Å². The van der Waals surface area contributed by atoms with E-state index in [2.05, 4.69) is 16.7 Å². The molecule has 3 rings (SSSR count). The van der Waals surface area contributed by atoms with E-state index in [0.717, 1.165) is 30.7 Å². The van der Waals surface area contributed by atoms with Crippen LogP contribution in [0.5, 0.6) is 0 Å². The van der Waals surface area contributed by atoms with Gasteiger partial charge in [0.1, 0.15) is 5.76 Å². The van der Waals surface area contributed by atoms with Crippen LogP contribution >= 0.6 is 0 Å². The molecule has 1 saturated heterocycles. The minimum absolute atomic E-state index is 0.703. The van der Waals surface area contributed by atoms with Gasteiger partial charge in [-0.2, -0.15) is 0 Å². The van der Waals surface area contributed by atoms with Gasteiger partial charge in [-0.1, -0.05) is 19.3 Å². The first kappa shape index (κ1) is 14.2. The molecule has 20 heavy (non-hydrogen) atoms. The second-order valence-corrected chi connectivity index (χ2v) is 6.39. The third kappa shape index (κ3) is 3.64. The fraction of sp³-hybridized carbons (Fsp3) is 0.765. The van der Waals surface area contributed by atoms with Crippen molar-refractivity contribution in [3.63, 3.8) is 0 Å². The lowest BCUT2D eigenvalue weighted by Gasteiger charge is -2.40. The Kier molecular flexibility index (Phi) is 5.15. The Morgan fingerprint density at radius 3 is 2.85 bits per heavy atom. The molecule has 112 valence electrons. The maximum atomic E-state index is 5.41. The van der Waals surface area contributed by atoms with Gasteiger partial charge in [0.25, 0.3) is 0 Å². The van der Waals surface area contributed by atoms with Crippen molar-refractivity contribution in [2.75, 3.05) is 13.1 Å². The molecule has 1 aliphatic carbocycles.